The van der Waals surface area contributed by atoms with Gasteiger partial charge in [0.15, 0.2) is 11.6 Å². The smallest absolute Gasteiger partial charge is 0.205 e. The molecule has 0 unspecified atom stereocenters. The molecule has 3 aromatic rings. The summed E-state index contributed by atoms with van der Waals surface area (Å²) >= 11 is 7.42. The lowest BCUT2D eigenvalue weighted by Gasteiger charge is -2.22. The summed E-state index contributed by atoms with van der Waals surface area (Å²) in [6, 6.07) is 6.72. The molecule has 0 bridgehead atoms. The predicted octanol–water partition coefficient (Wildman–Crippen LogP) is 5.10. The van der Waals surface area contributed by atoms with Gasteiger partial charge in [-0.3, -0.25) is 0 Å². The Hall–Kier alpha value is -2.73. The number of phenolic OH excluding ortho intramolecular Hbond substituents is 1. The summed E-state index contributed by atoms with van der Waals surface area (Å²) < 4.78 is 13.6. The highest BCUT2D eigenvalue weighted by atomic mass is 35.5. The number of halogens is 2. The molecule has 2 atom stereocenters. The van der Waals surface area contributed by atoms with E-state index in [9.17, 15) is 14.6 Å². The first-order valence-corrected chi connectivity index (χ1v) is 9.44. The van der Waals surface area contributed by atoms with Gasteiger partial charge in [-0.25, -0.2) is 9.24 Å². The van der Waals surface area contributed by atoms with E-state index < -0.39 is 23.7 Å². The van der Waals surface area contributed by atoms with E-state index in [1.165, 1.54) is 23.5 Å². The van der Waals surface area contributed by atoms with Crippen LogP contribution in [-0.2, 0) is 0 Å². The van der Waals surface area contributed by atoms with Crippen LogP contribution in [0.2, 0.25) is 5.02 Å². The van der Waals surface area contributed by atoms with Crippen molar-refractivity contribution in [2.75, 3.05) is 5.32 Å². The molecule has 0 spiro atoms. The van der Waals surface area contributed by atoms with Crippen molar-refractivity contribution in [2.24, 2.45) is 0 Å². The number of aromatic hydroxyl groups is 1. The van der Waals surface area contributed by atoms with Crippen LogP contribution in [0, 0.1) is 19.3 Å². The minimum absolute atomic E-state index is 0.349. The molecule has 2 aromatic carbocycles. The van der Waals surface area contributed by atoms with Gasteiger partial charge in [-0.05, 0) is 43.7 Å². The van der Waals surface area contributed by atoms with Crippen molar-refractivity contribution in [3.05, 3.63) is 63.2 Å². The summed E-state index contributed by atoms with van der Waals surface area (Å²) in [5, 5.41) is 32.3. The normalized spacial score (nSPS) is 13.0. The maximum Gasteiger partial charge on any atom is 0.205 e. The third-order valence-electron chi connectivity index (χ3n) is 4.18. The van der Waals surface area contributed by atoms with Gasteiger partial charge >= 0.3 is 0 Å². The molecule has 0 amide bonds. The van der Waals surface area contributed by atoms with Crippen LogP contribution in [0.25, 0.3) is 15.4 Å². The largest absolute Gasteiger partial charge is 0.505 e. The average Bonchev–Trinajstić information content (AvgIpc) is 3.14. The fraction of sp³-hybridized carbons (Fsp3) is 0.211. The maximum atomic E-state index is 13.6. The van der Waals surface area contributed by atoms with Crippen LogP contribution < -0.4 is 5.32 Å². The van der Waals surface area contributed by atoms with Crippen molar-refractivity contribution < 1.29 is 14.6 Å². The van der Waals surface area contributed by atoms with Crippen LogP contribution >= 0.6 is 22.9 Å². The Morgan fingerprint density at radius 3 is 2.68 bits per heavy atom. The topological polar surface area (TPSA) is 82.6 Å². The number of anilines is 1. The third kappa shape index (κ3) is 3.92. The summed E-state index contributed by atoms with van der Waals surface area (Å²) in [7, 11) is 0. The first kappa shape index (κ1) is 20.0. The summed E-state index contributed by atoms with van der Waals surface area (Å²) in [5.41, 5.74) is 2.18. The van der Waals surface area contributed by atoms with Crippen LogP contribution in [0.4, 0.5) is 15.8 Å². The molecule has 0 aliphatic heterocycles. The van der Waals surface area contributed by atoms with Crippen molar-refractivity contribution in [1.29, 1.82) is 0 Å². The van der Waals surface area contributed by atoms with Gasteiger partial charge in [0, 0.05) is 11.3 Å². The molecule has 9 heteroatoms. The monoisotopic (exact) mass is 418 g/mol. The van der Waals surface area contributed by atoms with E-state index in [-0.39, 0.29) is 0 Å². The minimum atomic E-state index is -0.809. The van der Waals surface area contributed by atoms with Crippen LogP contribution in [0.5, 0.6) is 5.75 Å². The molecular weight excluding hydrogens is 403 g/mol. The number of benzene rings is 2. The Labute approximate surface area is 170 Å². The number of aliphatic hydroxyl groups is 1. The van der Waals surface area contributed by atoms with Gasteiger partial charge < -0.3 is 15.5 Å². The van der Waals surface area contributed by atoms with Crippen molar-refractivity contribution in [2.45, 2.75) is 26.0 Å². The van der Waals surface area contributed by atoms with Crippen LogP contribution in [0.1, 0.15) is 23.5 Å². The summed E-state index contributed by atoms with van der Waals surface area (Å²) in [4.78, 5) is 3.37. The SMILES string of the molecule is [C-]#[N+]c1ccc(N[C@@H](c2nnc(-c3ccc(O)c(F)c3)s2)[C@H](C)O)c(C)c1Cl. The molecule has 3 rings (SSSR count). The van der Waals surface area contributed by atoms with Crippen LogP contribution in [-0.4, -0.2) is 26.5 Å². The quantitative estimate of drug-likeness (QED) is 0.502. The minimum Gasteiger partial charge on any atom is -0.505 e. The number of aromatic nitrogens is 2. The first-order chi connectivity index (χ1) is 13.3. The summed E-state index contributed by atoms with van der Waals surface area (Å²) in [6.07, 6.45) is -0.809. The van der Waals surface area contributed by atoms with Crippen molar-refractivity contribution in [1.82, 2.24) is 10.2 Å². The zero-order valence-electron chi connectivity index (χ0n) is 14.9. The first-order valence-electron chi connectivity index (χ1n) is 8.25. The van der Waals surface area contributed by atoms with Crippen molar-refractivity contribution >= 4 is 34.3 Å². The Bertz CT molecular complexity index is 1060. The molecule has 0 saturated heterocycles. The standard InChI is InChI=1S/C19H16ClFN4O2S/c1-9-13(5-6-14(22-3)16(9)20)23-17(10(2)26)19-25-24-18(28-19)11-4-7-15(27)12(21)8-11/h4-8,10,17,23,26-27H,1-2H3/t10-,17+/m0/s1. The molecule has 1 heterocycles. The molecule has 144 valence electrons. The Kier molecular flexibility index (Phi) is 5.79. The van der Waals surface area contributed by atoms with Gasteiger partial charge in [0.05, 0.1) is 17.7 Å². The molecule has 6 nitrogen and oxygen atoms in total. The molecule has 0 radical (unpaired) electrons. The Morgan fingerprint density at radius 2 is 2.04 bits per heavy atom. The zero-order valence-corrected chi connectivity index (χ0v) is 16.5. The molecule has 28 heavy (non-hydrogen) atoms. The second kappa shape index (κ2) is 8.10. The number of nitrogens with zero attached hydrogens (tertiary/aromatic N) is 3. The van der Waals surface area contributed by atoms with E-state index in [1.807, 2.05) is 0 Å². The fourth-order valence-corrected chi connectivity index (χ4v) is 3.78. The average molecular weight is 419 g/mol. The van der Waals surface area contributed by atoms with Gasteiger partial charge in [-0.2, -0.15) is 0 Å². The number of aliphatic hydroxyl groups excluding tert-OH is 1. The van der Waals surface area contributed by atoms with E-state index in [0.717, 1.165) is 0 Å². The van der Waals surface area contributed by atoms with Crippen LogP contribution in [0.15, 0.2) is 30.3 Å². The van der Waals surface area contributed by atoms with E-state index >= 15 is 0 Å². The van der Waals surface area contributed by atoms with Gasteiger partial charge in [0.2, 0.25) is 5.69 Å². The third-order valence-corrected chi connectivity index (χ3v) is 5.71. The Morgan fingerprint density at radius 1 is 1.29 bits per heavy atom. The van der Waals surface area contributed by atoms with E-state index in [0.29, 0.717) is 37.5 Å². The predicted molar refractivity (Wildman–Crippen MR) is 107 cm³/mol. The summed E-state index contributed by atoms with van der Waals surface area (Å²) in [6.45, 7) is 10.5. The van der Waals surface area contributed by atoms with Gasteiger partial charge in [-0.1, -0.05) is 29.0 Å². The molecule has 1 aromatic heterocycles. The maximum absolute atomic E-state index is 13.6. The Balaban J connectivity index is 1.92. The molecule has 0 fully saturated rings. The van der Waals surface area contributed by atoms with E-state index in [2.05, 4.69) is 20.4 Å². The molecule has 0 aliphatic rings. The number of hydrogen-bond acceptors (Lipinski definition) is 6. The van der Waals surface area contributed by atoms with Crippen molar-refractivity contribution in [3.63, 3.8) is 0 Å². The van der Waals surface area contributed by atoms with Gasteiger partial charge in [-0.15, -0.1) is 10.2 Å². The molecular formula is C19H16ClFN4O2S. The lowest BCUT2D eigenvalue weighted by molar-refractivity contribution is 0.172. The zero-order chi connectivity index (χ0) is 20.4. The molecule has 0 aliphatic carbocycles. The highest BCUT2D eigenvalue weighted by molar-refractivity contribution is 7.14. The van der Waals surface area contributed by atoms with E-state index in [4.69, 9.17) is 18.2 Å². The number of phenols is 1. The summed E-state index contributed by atoms with van der Waals surface area (Å²) in [5.74, 6) is -1.18. The lowest BCUT2D eigenvalue weighted by atomic mass is 10.1. The highest BCUT2D eigenvalue weighted by Crippen LogP contribution is 2.36. The number of rotatable bonds is 5. The number of nitrogens with one attached hydrogen (secondary N) is 1. The van der Waals surface area contributed by atoms with Gasteiger partial charge in [0.1, 0.15) is 16.1 Å². The molecule has 0 saturated carbocycles. The van der Waals surface area contributed by atoms with Crippen LogP contribution in [0.3, 0.4) is 0 Å². The van der Waals surface area contributed by atoms with Crippen molar-refractivity contribution in [3.8, 4) is 16.3 Å². The second-order valence-electron chi connectivity index (χ2n) is 6.16. The number of hydrogen-bond donors (Lipinski definition) is 3. The molecule has 3 N–H and O–H groups in total. The lowest BCUT2D eigenvalue weighted by Crippen LogP contribution is -2.23. The van der Waals surface area contributed by atoms with Gasteiger partial charge in [0.25, 0.3) is 0 Å². The van der Waals surface area contributed by atoms with E-state index in [1.54, 1.807) is 32.0 Å². The highest BCUT2D eigenvalue weighted by Gasteiger charge is 2.24. The second-order valence-corrected chi connectivity index (χ2v) is 7.54. The fourth-order valence-electron chi connectivity index (χ4n) is 2.59.